The molecule has 1 amide bonds. The zero-order chi connectivity index (χ0) is 24.0. The first-order valence-electron chi connectivity index (χ1n) is 10.4. The quantitative estimate of drug-likeness (QED) is 0.516. The maximum Gasteiger partial charge on any atom is 0.260 e. The molecule has 2 aromatic rings. The van der Waals surface area contributed by atoms with Gasteiger partial charge in [0.15, 0.2) is 6.61 Å². The highest BCUT2D eigenvalue weighted by atomic mass is 35.5. The Kier molecular flexibility index (Phi) is 8.83. The van der Waals surface area contributed by atoms with Crippen LogP contribution in [-0.4, -0.2) is 72.3 Å². The predicted molar refractivity (Wildman–Crippen MR) is 129 cm³/mol. The zero-order valence-electron chi connectivity index (χ0n) is 18.5. The molecule has 1 aliphatic heterocycles. The van der Waals surface area contributed by atoms with Crippen LogP contribution in [0.2, 0.25) is 10.0 Å². The molecular formula is C22H27Cl2N3O5S. The number of sulfonamides is 1. The van der Waals surface area contributed by atoms with Crippen molar-refractivity contribution in [3.05, 3.63) is 52.0 Å². The largest absolute Gasteiger partial charge is 0.482 e. The molecule has 0 saturated carbocycles. The van der Waals surface area contributed by atoms with Crippen molar-refractivity contribution in [3.8, 4) is 5.75 Å². The smallest absolute Gasteiger partial charge is 0.260 e. The third-order valence-electron chi connectivity index (χ3n) is 5.31. The van der Waals surface area contributed by atoms with Crippen LogP contribution in [0.3, 0.4) is 0 Å². The number of rotatable bonds is 9. The van der Waals surface area contributed by atoms with Gasteiger partial charge in [-0.05, 0) is 42.8 Å². The summed E-state index contributed by atoms with van der Waals surface area (Å²) in [6.45, 7) is 4.75. The minimum atomic E-state index is -3.71. The van der Waals surface area contributed by atoms with Gasteiger partial charge < -0.3 is 19.3 Å². The fourth-order valence-corrected chi connectivity index (χ4v) is 4.98. The molecule has 0 aromatic heterocycles. The third kappa shape index (κ3) is 6.74. The summed E-state index contributed by atoms with van der Waals surface area (Å²) in [6.07, 6.45) is 0. The molecule has 0 radical (unpaired) electrons. The maximum absolute atomic E-state index is 12.6. The number of nitrogens with one attached hydrogen (secondary N) is 1. The third-order valence-corrected chi connectivity index (χ3v) is 7.30. The molecule has 0 unspecified atom stereocenters. The Morgan fingerprint density at radius 2 is 1.82 bits per heavy atom. The first-order chi connectivity index (χ1) is 15.7. The zero-order valence-corrected chi connectivity index (χ0v) is 20.8. The molecule has 11 heteroatoms. The van der Waals surface area contributed by atoms with Crippen LogP contribution in [-0.2, 0) is 19.6 Å². The normalized spacial score (nSPS) is 14.4. The maximum atomic E-state index is 12.6. The van der Waals surface area contributed by atoms with Crippen LogP contribution in [0.4, 0.5) is 5.69 Å². The van der Waals surface area contributed by atoms with Gasteiger partial charge in [-0.15, -0.1) is 0 Å². The molecule has 0 atom stereocenters. The number of hydrogen-bond acceptors (Lipinski definition) is 6. The summed E-state index contributed by atoms with van der Waals surface area (Å²) in [7, 11) is -2.23. The number of anilines is 1. The first-order valence-corrected chi connectivity index (χ1v) is 12.6. The van der Waals surface area contributed by atoms with Gasteiger partial charge in [-0.3, -0.25) is 4.79 Å². The summed E-state index contributed by atoms with van der Waals surface area (Å²) in [4.78, 5) is 16.6. The molecule has 3 rings (SSSR count). The van der Waals surface area contributed by atoms with Gasteiger partial charge in [0.25, 0.3) is 5.91 Å². The second-order valence-electron chi connectivity index (χ2n) is 7.57. The van der Waals surface area contributed by atoms with Crippen LogP contribution in [0.5, 0.6) is 5.75 Å². The second-order valence-corrected chi connectivity index (χ2v) is 10.2. The van der Waals surface area contributed by atoms with E-state index in [-0.39, 0.29) is 41.3 Å². The van der Waals surface area contributed by atoms with Crippen LogP contribution >= 0.6 is 23.2 Å². The number of piperazine rings is 1. The van der Waals surface area contributed by atoms with Gasteiger partial charge in [0.05, 0.1) is 16.5 Å². The number of hydrogen-bond donors (Lipinski definition) is 1. The van der Waals surface area contributed by atoms with Crippen molar-refractivity contribution in [2.75, 3.05) is 57.9 Å². The summed E-state index contributed by atoms with van der Waals surface area (Å²) >= 11 is 12.3. The Morgan fingerprint density at radius 1 is 1.09 bits per heavy atom. The first kappa shape index (κ1) is 25.6. The van der Waals surface area contributed by atoms with E-state index in [4.69, 9.17) is 32.7 Å². The Hall–Kier alpha value is -2.04. The summed E-state index contributed by atoms with van der Waals surface area (Å²) < 4.78 is 37.4. The summed E-state index contributed by atoms with van der Waals surface area (Å²) in [5, 5.41) is 0.794. The number of methoxy groups -OCH3 is 1. The van der Waals surface area contributed by atoms with Crippen molar-refractivity contribution in [2.45, 2.75) is 11.8 Å². The van der Waals surface area contributed by atoms with Crippen LogP contribution in [0.25, 0.3) is 0 Å². The van der Waals surface area contributed by atoms with E-state index in [2.05, 4.69) is 9.62 Å². The van der Waals surface area contributed by atoms with Crippen molar-refractivity contribution in [2.24, 2.45) is 0 Å². The number of carbonyl (C=O) groups is 1. The van der Waals surface area contributed by atoms with E-state index in [1.165, 1.54) is 25.3 Å². The Labute approximate surface area is 204 Å². The van der Waals surface area contributed by atoms with Crippen molar-refractivity contribution in [3.63, 3.8) is 0 Å². The number of halogens is 2. The number of ether oxygens (including phenoxy) is 2. The van der Waals surface area contributed by atoms with Gasteiger partial charge in [0.1, 0.15) is 5.75 Å². The second kappa shape index (κ2) is 11.4. The van der Waals surface area contributed by atoms with E-state index in [9.17, 15) is 13.2 Å². The molecule has 1 saturated heterocycles. The predicted octanol–water partition coefficient (Wildman–Crippen LogP) is 2.95. The van der Waals surface area contributed by atoms with Crippen LogP contribution in [0.15, 0.2) is 41.3 Å². The van der Waals surface area contributed by atoms with Crippen molar-refractivity contribution >= 4 is 44.8 Å². The van der Waals surface area contributed by atoms with Crippen molar-refractivity contribution in [1.29, 1.82) is 0 Å². The average molecular weight is 516 g/mol. The van der Waals surface area contributed by atoms with Gasteiger partial charge in [-0.25, -0.2) is 13.1 Å². The molecule has 1 N–H and O–H groups in total. The van der Waals surface area contributed by atoms with Gasteiger partial charge in [0, 0.05) is 50.5 Å². The van der Waals surface area contributed by atoms with Gasteiger partial charge in [0.2, 0.25) is 10.0 Å². The minimum Gasteiger partial charge on any atom is -0.482 e. The van der Waals surface area contributed by atoms with E-state index in [0.717, 1.165) is 11.3 Å². The molecule has 0 aliphatic carbocycles. The SMILES string of the molecule is COCCNS(=O)(=O)c1ccc(OCC(=O)N2CCN(c3cc(Cl)ccc3C)CC2)c(Cl)c1. The summed E-state index contributed by atoms with van der Waals surface area (Å²) in [6, 6.07) is 9.91. The number of carbonyl (C=O) groups excluding carboxylic acids is 1. The van der Waals surface area contributed by atoms with E-state index in [0.29, 0.717) is 31.2 Å². The van der Waals surface area contributed by atoms with Gasteiger partial charge >= 0.3 is 0 Å². The monoisotopic (exact) mass is 515 g/mol. The molecule has 8 nitrogen and oxygen atoms in total. The molecular weight excluding hydrogens is 489 g/mol. The van der Waals surface area contributed by atoms with E-state index in [1.807, 2.05) is 25.1 Å². The van der Waals surface area contributed by atoms with E-state index < -0.39 is 10.0 Å². The highest BCUT2D eigenvalue weighted by molar-refractivity contribution is 7.89. The molecule has 33 heavy (non-hydrogen) atoms. The molecule has 1 heterocycles. The fourth-order valence-electron chi connectivity index (χ4n) is 3.48. The number of aryl methyl sites for hydroxylation is 1. The van der Waals surface area contributed by atoms with Crippen molar-refractivity contribution in [1.82, 2.24) is 9.62 Å². The summed E-state index contributed by atoms with van der Waals surface area (Å²) in [5.74, 6) is 0.0838. The Morgan fingerprint density at radius 3 is 2.48 bits per heavy atom. The number of benzene rings is 2. The molecule has 1 aliphatic rings. The Balaban J connectivity index is 1.53. The van der Waals surface area contributed by atoms with Crippen LogP contribution in [0.1, 0.15) is 5.56 Å². The fraction of sp³-hybridized carbons (Fsp3) is 0.409. The standard InChI is InChI=1S/C22H27Cl2N3O5S/c1-16-3-4-17(23)13-20(16)26-8-10-27(11-9-26)22(28)15-32-21-6-5-18(14-19(21)24)33(29,30)25-7-12-31-2/h3-6,13-14,25H,7-12,15H2,1-2H3. The average Bonchev–Trinajstić information content (AvgIpc) is 2.80. The number of amides is 1. The molecule has 180 valence electrons. The molecule has 0 bridgehead atoms. The highest BCUT2D eigenvalue weighted by Gasteiger charge is 2.23. The highest BCUT2D eigenvalue weighted by Crippen LogP contribution is 2.28. The molecule has 1 fully saturated rings. The lowest BCUT2D eigenvalue weighted by molar-refractivity contribution is -0.133. The lowest BCUT2D eigenvalue weighted by atomic mass is 10.1. The van der Waals surface area contributed by atoms with Crippen molar-refractivity contribution < 1.29 is 22.7 Å². The van der Waals surface area contributed by atoms with Gasteiger partial charge in [-0.2, -0.15) is 0 Å². The van der Waals surface area contributed by atoms with E-state index >= 15 is 0 Å². The van der Waals surface area contributed by atoms with Gasteiger partial charge in [-0.1, -0.05) is 29.3 Å². The Bertz CT molecular complexity index is 1090. The molecule has 0 spiro atoms. The molecule has 2 aromatic carbocycles. The topological polar surface area (TPSA) is 88.2 Å². The lowest BCUT2D eigenvalue weighted by Crippen LogP contribution is -2.50. The number of nitrogens with zero attached hydrogens (tertiary/aromatic N) is 2. The van der Waals surface area contributed by atoms with Crippen LogP contribution in [0, 0.1) is 6.92 Å². The lowest BCUT2D eigenvalue weighted by Gasteiger charge is -2.36. The van der Waals surface area contributed by atoms with E-state index in [1.54, 1.807) is 4.90 Å². The minimum absolute atomic E-state index is 0.00899. The van der Waals surface area contributed by atoms with Crippen LogP contribution < -0.4 is 14.4 Å². The summed E-state index contributed by atoms with van der Waals surface area (Å²) in [5.41, 5.74) is 2.21.